The molecule has 8 heteroatoms. The molecule has 0 spiro atoms. The van der Waals surface area contributed by atoms with Crippen molar-refractivity contribution in [3.8, 4) is 0 Å². The van der Waals surface area contributed by atoms with Gasteiger partial charge in [-0.15, -0.1) is 0 Å². The fourth-order valence-electron chi connectivity index (χ4n) is 1.94. The van der Waals surface area contributed by atoms with E-state index in [0.717, 1.165) is 6.08 Å². The first kappa shape index (κ1) is 19.1. The van der Waals surface area contributed by atoms with Gasteiger partial charge in [-0.05, 0) is 43.3 Å². The largest absolute Gasteiger partial charge is 0.465 e. The standard InChI is InChI=1S/C18H16ClN3O4/c1-11(10-16(23)22-15-5-3-4-14(19)21-15)17(24)20-13-8-6-12(7-9-13)18(25)26-2/h3-10H,1-2H3,(H,20,24)(H,21,22,23)/b11-10+. The fraction of sp³-hybridized carbons (Fsp3) is 0.111. The molecule has 1 aromatic carbocycles. The quantitative estimate of drug-likeness (QED) is 0.477. The third-order valence-corrected chi connectivity index (χ3v) is 3.45. The topological polar surface area (TPSA) is 97.4 Å². The van der Waals surface area contributed by atoms with Crippen molar-refractivity contribution in [3.63, 3.8) is 0 Å². The molecular formula is C18H16ClN3O4. The summed E-state index contributed by atoms with van der Waals surface area (Å²) in [6.45, 7) is 1.50. The maximum absolute atomic E-state index is 12.1. The first-order valence-electron chi connectivity index (χ1n) is 7.50. The molecule has 134 valence electrons. The van der Waals surface area contributed by atoms with Crippen molar-refractivity contribution >= 4 is 40.9 Å². The van der Waals surface area contributed by atoms with Crippen LogP contribution in [0.5, 0.6) is 0 Å². The number of benzene rings is 1. The van der Waals surface area contributed by atoms with E-state index in [1.165, 1.54) is 26.2 Å². The molecule has 1 aromatic heterocycles. The Labute approximate surface area is 155 Å². The second-order valence-electron chi connectivity index (χ2n) is 5.19. The molecule has 0 saturated carbocycles. The van der Waals surface area contributed by atoms with E-state index in [4.69, 9.17) is 11.6 Å². The number of esters is 1. The van der Waals surface area contributed by atoms with Gasteiger partial charge in [0.2, 0.25) is 5.91 Å². The number of anilines is 2. The Morgan fingerprint density at radius 3 is 2.38 bits per heavy atom. The Kier molecular flexibility index (Phi) is 6.46. The van der Waals surface area contributed by atoms with Crippen molar-refractivity contribution in [2.75, 3.05) is 17.7 Å². The Morgan fingerprint density at radius 1 is 1.08 bits per heavy atom. The summed E-state index contributed by atoms with van der Waals surface area (Å²) < 4.78 is 4.60. The second-order valence-corrected chi connectivity index (χ2v) is 5.57. The van der Waals surface area contributed by atoms with Gasteiger partial charge in [-0.1, -0.05) is 17.7 Å². The molecule has 1 heterocycles. The summed E-state index contributed by atoms with van der Waals surface area (Å²) >= 11 is 5.74. The van der Waals surface area contributed by atoms with E-state index in [1.807, 2.05) is 0 Å². The van der Waals surface area contributed by atoms with Gasteiger partial charge in [0.25, 0.3) is 5.91 Å². The zero-order valence-corrected chi connectivity index (χ0v) is 14.8. The highest BCUT2D eigenvalue weighted by Gasteiger charge is 2.09. The van der Waals surface area contributed by atoms with Crippen LogP contribution in [0.2, 0.25) is 5.15 Å². The predicted molar refractivity (Wildman–Crippen MR) is 98.0 cm³/mol. The van der Waals surface area contributed by atoms with Crippen molar-refractivity contribution in [2.45, 2.75) is 6.92 Å². The highest BCUT2D eigenvalue weighted by molar-refractivity contribution is 6.29. The molecule has 0 aliphatic rings. The van der Waals surface area contributed by atoms with Crippen molar-refractivity contribution in [1.82, 2.24) is 4.98 Å². The smallest absolute Gasteiger partial charge is 0.337 e. The summed E-state index contributed by atoms with van der Waals surface area (Å²) in [5.74, 6) is -1.14. The molecule has 0 radical (unpaired) electrons. The second kappa shape index (κ2) is 8.77. The highest BCUT2D eigenvalue weighted by Crippen LogP contribution is 2.12. The van der Waals surface area contributed by atoms with E-state index in [2.05, 4.69) is 20.4 Å². The van der Waals surface area contributed by atoms with Gasteiger partial charge in [0.1, 0.15) is 11.0 Å². The molecule has 2 rings (SSSR count). The lowest BCUT2D eigenvalue weighted by molar-refractivity contribution is -0.114. The Balaban J connectivity index is 1.98. The van der Waals surface area contributed by atoms with Crippen LogP contribution in [0, 0.1) is 0 Å². The van der Waals surface area contributed by atoms with Crippen LogP contribution in [0.1, 0.15) is 17.3 Å². The third kappa shape index (κ3) is 5.42. The minimum Gasteiger partial charge on any atom is -0.465 e. The number of pyridine rings is 1. The van der Waals surface area contributed by atoms with E-state index in [-0.39, 0.29) is 16.5 Å². The molecule has 26 heavy (non-hydrogen) atoms. The number of carbonyl (C=O) groups excluding carboxylic acids is 3. The lowest BCUT2D eigenvalue weighted by atomic mass is 10.2. The molecule has 2 aromatic rings. The maximum atomic E-state index is 12.1. The van der Waals surface area contributed by atoms with Gasteiger partial charge in [-0.3, -0.25) is 9.59 Å². The predicted octanol–water partition coefficient (Wildman–Crippen LogP) is 3.05. The Hall–Kier alpha value is -3.19. The fourth-order valence-corrected chi connectivity index (χ4v) is 2.10. The molecular weight excluding hydrogens is 358 g/mol. The van der Waals surface area contributed by atoms with E-state index in [9.17, 15) is 14.4 Å². The number of amides is 2. The molecule has 7 nitrogen and oxygen atoms in total. The Morgan fingerprint density at radius 2 is 1.77 bits per heavy atom. The van der Waals surface area contributed by atoms with Crippen LogP contribution in [-0.2, 0) is 14.3 Å². The van der Waals surface area contributed by atoms with E-state index >= 15 is 0 Å². The molecule has 0 fully saturated rings. The van der Waals surface area contributed by atoms with Gasteiger partial charge in [-0.25, -0.2) is 9.78 Å². The zero-order valence-electron chi connectivity index (χ0n) is 14.1. The van der Waals surface area contributed by atoms with Gasteiger partial charge in [0.15, 0.2) is 0 Å². The normalized spacial score (nSPS) is 10.8. The number of aromatic nitrogens is 1. The molecule has 0 bridgehead atoms. The lowest BCUT2D eigenvalue weighted by Crippen LogP contribution is -2.16. The van der Waals surface area contributed by atoms with Gasteiger partial charge in [-0.2, -0.15) is 0 Å². The van der Waals surface area contributed by atoms with Crippen molar-refractivity contribution in [3.05, 3.63) is 64.8 Å². The van der Waals surface area contributed by atoms with Gasteiger partial charge < -0.3 is 15.4 Å². The molecule has 0 saturated heterocycles. The molecule has 0 aliphatic carbocycles. The summed E-state index contributed by atoms with van der Waals surface area (Å²) in [6.07, 6.45) is 1.15. The molecule has 2 N–H and O–H groups in total. The highest BCUT2D eigenvalue weighted by atomic mass is 35.5. The number of rotatable bonds is 5. The number of hydrogen-bond acceptors (Lipinski definition) is 5. The van der Waals surface area contributed by atoms with Crippen molar-refractivity contribution < 1.29 is 19.1 Å². The summed E-state index contributed by atoms with van der Waals surface area (Å²) in [6, 6.07) is 11.0. The summed E-state index contributed by atoms with van der Waals surface area (Å²) in [4.78, 5) is 39.4. The minimum absolute atomic E-state index is 0.196. The van der Waals surface area contributed by atoms with Crippen molar-refractivity contribution in [1.29, 1.82) is 0 Å². The number of carbonyl (C=O) groups is 3. The van der Waals surface area contributed by atoms with Gasteiger partial charge in [0.05, 0.1) is 12.7 Å². The van der Waals surface area contributed by atoms with Crippen LogP contribution in [0.3, 0.4) is 0 Å². The molecule has 0 atom stereocenters. The summed E-state index contributed by atoms with van der Waals surface area (Å²) in [5.41, 5.74) is 1.04. The summed E-state index contributed by atoms with van der Waals surface area (Å²) in [7, 11) is 1.29. The zero-order chi connectivity index (χ0) is 19.1. The number of nitrogens with one attached hydrogen (secondary N) is 2. The number of ether oxygens (including phenoxy) is 1. The average Bonchev–Trinajstić information content (AvgIpc) is 2.61. The van der Waals surface area contributed by atoms with E-state index < -0.39 is 17.8 Å². The maximum Gasteiger partial charge on any atom is 0.337 e. The molecule has 0 unspecified atom stereocenters. The first-order valence-corrected chi connectivity index (χ1v) is 7.88. The van der Waals surface area contributed by atoms with Gasteiger partial charge in [0, 0.05) is 17.3 Å². The number of halogens is 1. The Bertz CT molecular complexity index is 863. The van der Waals surface area contributed by atoms with E-state index in [0.29, 0.717) is 11.3 Å². The monoisotopic (exact) mass is 373 g/mol. The SMILES string of the molecule is COC(=O)c1ccc(NC(=O)/C(C)=C/C(=O)Nc2cccc(Cl)n2)cc1. The van der Waals surface area contributed by atoms with Crippen molar-refractivity contribution in [2.24, 2.45) is 0 Å². The summed E-state index contributed by atoms with van der Waals surface area (Å²) in [5, 5.41) is 5.39. The first-order chi connectivity index (χ1) is 12.4. The molecule has 2 amide bonds. The van der Waals surface area contributed by atoms with Crippen LogP contribution in [0.15, 0.2) is 54.1 Å². The number of methoxy groups -OCH3 is 1. The van der Waals surface area contributed by atoms with Crippen LogP contribution in [-0.4, -0.2) is 29.9 Å². The van der Waals surface area contributed by atoms with Crippen LogP contribution < -0.4 is 10.6 Å². The number of nitrogens with zero attached hydrogens (tertiary/aromatic N) is 1. The lowest BCUT2D eigenvalue weighted by Gasteiger charge is -2.07. The molecule has 0 aliphatic heterocycles. The van der Waals surface area contributed by atoms with Gasteiger partial charge >= 0.3 is 5.97 Å². The van der Waals surface area contributed by atoms with E-state index in [1.54, 1.807) is 30.3 Å². The van der Waals surface area contributed by atoms with Crippen LogP contribution in [0.4, 0.5) is 11.5 Å². The van der Waals surface area contributed by atoms with Crippen LogP contribution >= 0.6 is 11.6 Å². The number of hydrogen-bond donors (Lipinski definition) is 2. The minimum atomic E-state index is -0.506. The average molecular weight is 374 g/mol. The van der Waals surface area contributed by atoms with Crippen LogP contribution in [0.25, 0.3) is 0 Å². The third-order valence-electron chi connectivity index (χ3n) is 3.24.